The Hall–Kier alpha value is -3.56. The number of esters is 1. The first-order valence-electron chi connectivity index (χ1n) is 11.5. The van der Waals surface area contributed by atoms with Gasteiger partial charge in [0.2, 0.25) is 0 Å². The molecule has 0 saturated carbocycles. The van der Waals surface area contributed by atoms with Crippen LogP contribution >= 0.6 is 27.7 Å². The molecule has 0 aliphatic carbocycles. The average Bonchev–Trinajstić information content (AvgIpc) is 3.17. The van der Waals surface area contributed by atoms with Crippen molar-refractivity contribution in [3.05, 3.63) is 92.8 Å². The lowest BCUT2D eigenvalue weighted by Gasteiger charge is -2.14. The molecule has 190 valence electrons. The van der Waals surface area contributed by atoms with Gasteiger partial charge >= 0.3 is 5.97 Å². The number of amides is 1. The van der Waals surface area contributed by atoms with Crippen LogP contribution in [0.5, 0.6) is 11.5 Å². The fourth-order valence-electron chi connectivity index (χ4n) is 3.47. The number of likely N-dealkylation sites (N-methyl/N-ethyl adjacent to an activating group) is 1. The molecular weight excluding hydrogens is 556 g/mol. The normalized spacial score (nSPS) is 15.4. The molecule has 9 heteroatoms. The number of ether oxygens (including phenoxy) is 3. The summed E-state index contributed by atoms with van der Waals surface area (Å²) >= 11 is 4.89. The standard InChI is InChI=1S/C28H25BrN2O5S/c1-4-35-23-14-20(22(29)16-24(23)36-17-18-8-6-5-7-9-18)15-25-26(32)31(2)28(37-25)30-21-12-10-19(11-13-21)27(33)34-3/h5-16H,4,17H2,1-3H3/b25-15-,30-28?. The lowest BCUT2D eigenvalue weighted by molar-refractivity contribution is -0.121. The number of hydrogen-bond donors (Lipinski definition) is 0. The maximum Gasteiger partial charge on any atom is 0.337 e. The molecule has 1 saturated heterocycles. The van der Waals surface area contributed by atoms with Gasteiger partial charge in [-0.3, -0.25) is 9.69 Å². The minimum absolute atomic E-state index is 0.163. The zero-order valence-corrected chi connectivity index (χ0v) is 23.0. The van der Waals surface area contributed by atoms with Crippen LogP contribution in [0.25, 0.3) is 6.08 Å². The lowest BCUT2D eigenvalue weighted by atomic mass is 10.1. The van der Waals surface area contributed by atoms with Gasteiger partial charge < -0.3 is 14.2 Å². The van der Waals surface area contributed by atoms with E-state index < -0.39 is 5.97 Å². The van der Waals surface area contributed by atoms with E-state index in [0.717, 1.165) is 15.6 Å². The molecule has 1 fully saturated rings. The van der Waals surface area contributed by atoms with Crippen LogP contribution in [0.15, 0.2) is 81.1 Å². The molecule has 1 aliphatic rings. The number of rotatable bonds is 8. The van der Waals surface area contributed by atoms with Crippen molar-refractivity contribution in [2.24, 2.45) is 4.99 Å². The highest BCUT2D eigenvalue weighted by Crippen LogP contribution is 2.38. The summed E-state index contributed by atoms with van der Waals surface area (Å²) in [7, 11) is 3.01. The molecule has 4 rings (SSSR count). The van der Waals surface area contributed by atoms with E-state index in [-0.39, 0.29) is 5.91 Å². The van der Waals surface area contributed by atoms with Gasteiger partial charge in [-0.25, -0.2) is 9.79 Å². The predicted molar refractivity (Wildman–Crippen MR) is 149 cm³/mol. The highest BCUT2D eigenvalue weighted by molar-refractivity contribution is 9.10. The molecule has 0 spiro atoms. The van der Waals surface area contributed by atoms with Gasteiger partial charge in [0, 0.05) is 11.5 Å². The van der Waals surface area contributed by atoms with Gasteiger partial charge in [-0.2, -0.15) is 0 Å². The Morgan fingerprint density at radius 3 is 2.43 bits per heavy atom. The number of thioether (sulfide) groups is 1. The molecule has 0 bridgehead atoms. The van der Waals surface area contributed by atoms with Crippen molar-refractivity contribution < 1.29 is 23.8 Å². The van der Waals surface area contributed by atoms with Crippen LogP contribution in [0.4, 0.5) is 5.69 Å². The summed E-state index contributed by atoms with van der Waals surface area (Å²) in [5.74, 6) is 0.626. The SMILES string of the molecule is CCOc1cc(/C=C2\SC(=Nc3ccc(C(=O)OC)cc3)N(C)C2=O)c(Br)cc1OCc1ccccc1. The van der Waals surface area contributed by atoms with Crippen LogP contribution in [0.2, 0.25) is 0 Å². The van der Waals surface area contributed by atoms with Crippen LogP contribution in [0.1, 0.15) is 28.4 Å². The topological polar surface area (TPSA) is 77.4 Å². The van der Waals surface area contributed by atoms with Crippen molar-refractivity contribution in [1.82, 2.24) is 4.90 Å². The number of methoxy groups -OCH3 is 1. The molecule has 3 aromatic rings. The summed E-state index contributed by atoms with van der Waals surface area (Å²) in [4.78, 5) is 31.2. The smallest absolute Gasteiger partial charge is 0.337 e. The van der Waals surface area contributed by atoms with Gasteiger partial charge in [0.15, 0.2) is 16.7 Å². The minimum Gasteiger partial charge on any atom is -0.490 e. The second-order valence-electron chi connectivity index (χ2n) is 7.94. The lowest BCUT2D eigenvalue weighted by Crippen LogP contribution is -2.23. The molecule has 7 nitrogen and oxygen atoms in total. The number of aliphatic imine (C=N–C) groups is 1. The molecule has 0 radical (unpaired) electrons. The first-order valence-corrected chi connectivity index (χ1v) is 13.1. The van der Waals surface area contributed by atoms with E-state index in [1.807, 2.05) is 49.4 Å². The Bertz CT molecular complexity index is 1360. The average molecular weight is 581 g/mol. The van der Waals surface area contributed by atoms with Crippen LogP contribution in [0.3, 0.4) is 0 Å². The maximum absolute atomic E-state index is 13.0. The zero-order chi connectivity index (χ0) is 26.4. The zero-order valence-electron chi connectivity index (χ0n) is 20.6. The summed E-state index contributed by atoms with van der Waals surface area (Å²) < 4.78 is 17.4. The summed E-state index contributed by atoms with van der Waals surface area (Å²) in [6, 6.07) is 20.3. The van der Waals surface area contributed by atoms with Crippen molar-refractivity contribution >= 4 is 56.5 Å². The number of nitrogens with zero attached hydrogens (tertiary/aromatic N) is 2. The van der Waals surface area contributed by atoms with Crippen molar-refractivity contribution in [2.75, 3.05) is 20.8 Å². The Morgan fingerprint density at radius 2 is 1.76 bits per heavy atom. The Balaban J connectivity index is 1.56. The Kier molecular flexibility index (Phi) is 8.68. The van der Waals surface area contributed by atoms with E-state index in [1.54, 1.807) is 37.4 Å². The summed E-state index contributed by atoms with van der Waals surface area (Å²) in [5, 5.41) is 0.533. The number of hydrogen-bond acceptors (Lipinski definition) is 7. The van der Waals surface area contributed by atoms with E-state index in [1.165, 1.54) is 23.8 Å². The Labute approximate surface area is 228 Å². The molecule has 0 atom stereocenters. The van der Waals surface area contributed by atoms with Crippen molar-refractivity contribution in [1.29, 1.82) is 0 Å². The third-order valence-corrected chi connectivity index (χ3v) is 7.15. The van der Waals surface area contributed by atoms with Gasteiger partial charge in [0.25, 0.3) is 5.91 Å². The molecule has 37 heavy (non-hydrogen) atoms. The monoisotopic (exact) mass is 580 g/mol. The van der Waals surface area contributed by atoms with E-state index in [9.17, 15) is 9.59 Å². The second kappa shape index (κ2) is 12.1. The first kappa shape index (κ1) is 26.5. The first-order chi connectivity index (χ1) is 17.9. The van der Waals surface area contributed by atoms with Crippen LogP contribution in [-0.2, 0) is 16.1 Å². The van der Waals surface area contributed by atoms with E-state index in [4.69, 9.17) is 14.2 Å². The number of halogens is 1. The maximum atomic E-state index is 13.0. The second-order valence-corrected chi connectivity index (χ2v) is 9.80. The third kappa shape index (κ3) is 6.42. The Morgan fingerprint density at radius 1 is 1.05 bits per heavy atom. The number of amidine groups is 1. The number of benzene rings is 3. The molecule has 1 aliphatic heterocycles. The van der Waals surface area contributed by atoms with Gasteiger partial charge in [0.05, 0.1) is 29.9 Å². The predicted octanol–water partition coefficient (Wildman–Crippen LogP) is 6.45. The minimum atomic E-state index is -0.416. The van der Waals surface area contributed by atoms with Gasteiger partial charge in [0.1, 0.15) is 6.61 Å². The largest absolute Gasteiger partial charge is 0.490 e. The highest BCUT2D eigenvalue weighted by Gasteiger charge is 2.30. The molecule has 1 heterocycles. The summed E-state index contributed by atoms with van der Waals surface area (Å²) in [6.07, 6.45) is 1.81. The molecule has 0 N–H and O–H groups in total. The van der Waals surface area contributed by atoms with Gasteiger partial charge in [-0.15, -0.1) is 0 Å². The van der Waals surface area contributed by atoms with E-state index in [0.29, 0.717) is 46.0 Å². The van der Waals surface area contributed by atoms with Crippen LogP contribution in [-0.4, -0.2) is 42.7 Å². The van der Waals surface area contributed by atoms with Crippen molar-refractivity contribution in [2.45, 2.75) is 13.5 Å². The van der Waals surface area contributed by atoms with E-state index >= 15 is 0 Å². The van der Waals surface area contributed by atoms with Crippen molar-refractivity contribution in [3.8, 4) is 11.5 Å². The van der Waals surface area contributed by atoms with Crippen LogP contribution < -0.4 is 9.47 Å². The quantitative estimate of drug-likeness (QED) is 0.225. The van der Waals surface area contributed by atoms with Crippen molar-refractivity contribution in [3.63, 3.8) is 0 Å². The van der Waals surface area contributed by atoms with E-state index in [2.05, 4.69) is 20.9 Å². The number of carbonyl (C=O) groups is 2. The van der Waals surface area contributed by atoms with Gasteiger partial charge in [-0.1, -0.05) is 46.3 Å². The molecule has 3 aromatic carbocycles. The fraction of sp³-hybridized carbons (Fsp3) is 0.179. The molecule has 0 aromatic heterocycles. The summed E-state index contributed by atoms with van der Waals surface area (Å²) in [6.45, 7) is 2.79. The number of carbonyl (C=O) groups excluding carboxylic acids is 2. The van der Waals surface area contributed by atoms with Crippen LogP contribution in [0, 0.1) is 0 Å². The molecule has 0 unspecified atom stereocenters. The highest BCUT2D eigenvalue weighted by atomic mass is 79.9. The fourth-order valence-corrected chi connectivity index (χ4v) is 4.89. The molecular formula is C28H25BrN2O5S. The third-order valence-electron chi connectivity index (χ3n) is 5.40. The van der Waals surface area contributed by atoms with Gasteiger partial charge in [-0.05, 0) is 72.3 Å². The molecule has 1 amide bonds. The summed E-state index contributed by atoms with van der Waals surface area (Å²) in [5.41, 5.74) is 2.89.